The second-order valence-electron chi connectivity index (χ2n) is 5.69. The van der Waals surface area contributed by atoms with Crippen LogP contribution in [0.1, 0.15) is 24.9 Å². The number of hydrogen-bond donors (Lipinski definition) is 1. The number of para-hydroxylation sites is 2. The van der Waals surface area contributed by atoms with E-state index in [1.165, 1.54) is 5.56 Å². The average molecular weight is 296 g/mol. The van der Waals surface area contributed by atoms with Gasteiger partial charge < -0.3 is 10.1 Å². The molecule has 4 rings (SSSR count). The van der Waals surface area contributed by atoms with Crippen LogP contribution in [0.25, 0.3) is 0 Å². The Hall–Kier alpha value is -2.07. The molecule has 106 valence electrons. The SMILES string of the molecule is C[C@]12C[C@H](NC(=S)N1c1ccccc1)c1ccccc1O2. The molecule has 0 radical (unpaired) electrons. The Bertz CT molecular complexity index is 703. The van der Waals surface area contributed by atoms with Crippen molar-refractivity contribution in [2.24, 2.45) is 0 Å². The summed E-state index contributed by atoms with van der Waals surface area (Å²) >= 11 is 5.60. The molecule has 0 spiro atoms. The van der Waals surface area contributed by atoms with Gasteiger partial charge in [0.1, 0.15) is 5.75 Å². The van der Waals surface area contributed by atoms with Crippen LogP contribution < -0.4 is 15.0 Å². The summed E-state index contributed by atoms with van der Waals surface area (Å²) < 4.78 is 6.33. The summed E-state index contributed by atoms with van der Waals surface area (Å²) in [6.45, 7) is 2.11. The molecule has 1 N–H and O–H groups in total. The quantitative estimate of drug-likeness (QED) is 0.812. The molecule has 0 amide bonds. The van der Waals surface area contributed by atoms with Gasteiger partial charge >= 0.3 is 0 Å². The third-order valence-electron chi connectivity index (χ3n) is 4.20. The minimum absolute atomic E-state index is 0.215. The van der Waals surface area contributed by atoms with Crippen molar-refractivity contribution in [1.29, 1.82) is 0 Å². The standard InChI is InChI=1S/C17H16N2OS/c1-17-11-14(13-9-5-6-10-15(13)20-17)18-16(21)19(17)12-7-3-2-4-8-12/h2-10,14H,11H2,1H3,(H,18,21)/t14-,17-/m0/s1. The summed E-state index contributed by atoms with van der Waals surface area (Å²) in [5.74, 6) is 0.937. The van der Waals surface area contributed by atoms with Gasteiger partial charge in [0.15, 0.2) is 10.8 Å². The van der Waals surface area contributed by atoms with E-state index in [1.54, 1.807) is 0 Å². The van der Waals surface area contributed by atoms with Crippen molar-refractivity contribution in [2.45, 2.75) is 25.1 Å². The van der Waals surface area contributed by atoms with Gasteiger partial charge in [-0.1, -0.05) is 36.4 Å². The normalized spacial score (nSPS) is 26.6. The molecule has 2 aromatic carbocycles. The number of rotatable bonds is 1. The third-order valence-corrected chi connectivity index (χ3v) is 4.50. The Kier molecular flexibility index (Phi) is 2.69. The Morgan fingerprint density at radius 1 is 1.14 bits per heavy atom. The van der Waals surface area contributed by atoms with E-state index in [-0.39, 0.29) is 6.04 Å². The van der Waals surface area contributed by atoms with Gasteiger partial charge in [0.25, 0.3) is 0 Å². The van der Waals surface area contributed by atoms with Gasteiger partial charge in [0.05, 0.1) is 6.04 Å². The van der Waals surface area contributed by atoms with Crippen LogP contribution >= 0.6 is 12.2 Å². The number of nitrogens with one attached hydrogen (secondary N) is 1. The molecule has 0 unspecified atom stereocenters. The van der Waals surface area contributed by atoms with E-state index in [1.807, 2.05) is 36.4 Å². The molecule has 2 heterocycles. The van der Waals surface area contributed by atoms with Crippen molar-refractivity contribution in [1.82, 2.24) is 5.32 Å². The first-order chi connectivity index (χ1) is 10.2. The molecule has 21 heavy (non-hydrogen) atoms. The van der Waals surface area contributed by atoms with Crippen molar-refractivity contribution in [2.75, 3.05) is 4.90 Å². The van der Waals surface area contributed by atoms with Crippen LogP contribution in [0.5, 0.6) is 5.75 Å². The summed E-state index contributed by atoms with van der Waals surface area (Å²) in [6, 6.07) is 18.6. The summed E-state index contributed by atoms with van der Waals surface area (Å²) in [6.07, 6.45) is 0.860. The van der Waals surface area contributed by atoms with E-state index in [0.717, 1.165) is 23.0 Å². The number of nitrogens with zero attached hydrogens (tertiary/aromatic N) is 1. The zero-order valence-corrected chi connectivity index (χ0v) is 12.6. The Morgan fingerprint density at radius 3 is 2.67 bits per heavy atom. The highest BCUT2D eigenvalue weighted by atomic mass is 32.1. The van der Waals surface area contributed by atoms with Crippen LogP contribution in [-0.4, -0.2) is 10.8 Å². The highest BCUT2D eigenvalue weighted by Crippen LogP contribution is 2.45. The zero-order valence-electron chi connectivity index (χ0n) is 11.7. The minimum atomic E-state index is -0.456. The maximum Gasteiger partial charge on any atom is 0.188 e. The fourth-order valence-corrected chi connectivity index (χ4v) is 3.73. The molecule has 2 bridgehead atoms. The monoisotopic (exact) mass is 296 g/mol. The van der Waals surface area contributed by atoms with E-state index in [4.69, 9.17) is 17.0 Å². The molecule has 2 aromatic rings. The number of hydrogen-bond acceptors (Lipinski definition) is 2. The minimum Gasteiger partial charge on any atom is -0.467 e. The van der Waals surface area contributed by atoms with E-state index in [0.29, 0.717) is 0 Å². The first-order valence-corrected chi connectivity index (χ1v) is 7.52. The summed E-state index contributed by atoms with van der Waals surface area (Å²) in [5.41, 5.74) is 1.78. The van der Waals surface area contributed by atoms with E-state index in [2.05, 4.69) is 35.3 Å². The molecule has 2 aliphatic rings. The largest absolute Gasteiger partial charge is 0.467 e. The van der Waals surface area contributed by atoms with Gasteiger partial charge in [0, 0.05) is 17.7 Å². The first kappa shape index (κ1) is 12.7. The molecule has 3 nitrogen and oxygen atoms in total. The molecule has 1 fully saturated rings. The molecule has 0 saturated carbocycles. The predicted molar refractivity (Wildman–Crippen MR) is 87.5 cm³/mol. The van der Waals surface area contributed by atoms with Crippen LogP contribution in [0, 0.1) is 0 Å². The molecule has 4 heteroatoms. The smallest absolute Gasteiger partial charge is 0.188 e. The predicted octanol–water partition coefficient (Wildman–Crippen LogP) is 3.62. The van der Waals surface area contributed by atoms with Gasteiger partial charge in [-0.05, 0) is 37.3 Å². The van der Waals surface area contributed by atoms with Crippen molar-refractivity contribution in [3.8, 4) is 5.75 Å². The summed E-state index contributed by atoms with van der Waals surface area (Å²) in [5, 5.41) is 4.17. The molecule has 0 aromatic heterocycles. The summed E-state index contributed by atoms with van der Waals surface area (Å²) in [4.78, 5) is 2.08. The zero-order chi connectivity index (χ0) is 14.4. The van der Waals surface area contributed by atoms with E-state index >= 15 is 0 Å². The molecule has 2 atom stereocenters. The van der Waals surface area contributed by atoms with E-state index < -0.39 is 5.72 Å². The number of fused-ring (bicyclic) bond motifs is 4. The second-order valence-corrected chi connectivity index (χ2v) is 6.08. The fourth-order valence-electron chi connectivity index (χ4n) is 3.29. The fraction of sp³-hybridized carbons (Fsp3) is 0.235. The van der Waals surface area contributed by atoms with Crippen molar-refractivity contribution in [3.05, 3.63) is 60.2 Å². The van der Waals surface area contributed by atoms with Crippen molar-refractivity contribution >= 4 is 23.0 Å². The van der Waals surface area contributed by atoms with Gasteiger partial charge in [-0.25, -0.2) is 0 Å². The molecular weight excluding hydrogens is 280 g/mol. The van der Waals surface area contributed by atoms with Crippen LogP contribution in [0.15, 0.2) is 54.6 Å². The average Bonchev–Trinajstić information content (AvgIpc) is 2.47. The topological polar surface area (TPSA) is 24.5 Å². The molecule has 1 saturated heterocycles. The summed E-state index contributed by atoms with van der Waals surface area (Å²) in [7, 11) is 0. The van der Waals surface area contributed by atoms with Crippen molar-refractivity contribution in [3.63, 3.8) is 0 Å². The maximum absolute atomic E-state index is 6.33. The number of thiocarbonyl (C=S) groups is 1. The van der Waals surface area contributed by atoms with Gasteiger partial charge in [0.2, 0.25) is 0 Å². The highest BCUT2D eigenvalue weighted by Gasteiger charge is 2.48. The van der Waals surface area contributed by atoms with Gasteiger partial charge in [-0.2, -0.15) is 0 Å². The Balaban J connectivity index is 1.82. The number of benzene rings is 2. The number of ether oxygens (including phenoxy) is 1. The molecular formula is C17H16N2OS. The lowest BCUT2D eigenvalue weighted by atomic mass is 9.90. The lowest BCUT2D eigenvalue weighted by Gasteiger charge is -2.52. The van der Waals surface area contributed by atoms with Gasteiger partial charge in [-0.15, -0.1) is 0 Å². The maximum atomic E-state index is 6.33. The molecule has 2 aliphatic heterocycles. The highest BCUT2D eigenvalue weighted by molar-refractivity contribution is 7.80. The van der Waals surface area contributed by atoms with Gasteiger partial charge in [-0.3, -0.25) is 4.90 Å². The van der Waals surface area contributed by atoms with Crippen molar-refractivity contribution < 1.29 is 4.74 Å². The third kappa shape index (κ3) is 1.90. The van der Waals surface area contributed by atoms with Crippen LogP contribution in [0.4, 0.5) is 5.69 Å². The lowest BCUT2D eigenvalue weighted by molar-refractivity contribution is 0.0498. The first-order valence-electron chi connectivity index (χ1n) is 7.11. The Morgan fingerprint density at radius 2 is 1.86 bits per heavy atom. The van der Waals surface area contributed by atoms with Crippen LogP contribution in [0.2, 0.25) is 0 Å². The van der Waals surface area contributed by atoms with Crippen LogP contribution in [-0.2, 0) is 0 Å². The van der Waals surface area contributed by atoms with E-state index in [9.17, 15) is 0 Å². The number of anilines is 1. The Labute approximate surface area is 129 Å². The molecule has 0 aliphatic carbocycles. The second kappa shape index (κ2) is 4.46. The van der Waals surface area contributed by atoms with Crippen LogP contribution in [0.3, 0.4) is 0 Å². The lowest BCUT2D eigenvalue weighted by Crippen LogP contribution is -2.65.